The summed E-state index contributed by atoms with van der Waals surface area (Å²) in [5.74, 6) is -0.903. The van der Waals surface area contributed by atoms with Crippen LogP contribution in [0.25, 0.3) is 11.0 Å². The van der Waals surface area contributed by atoms with Gasteiger partial charge in [0.05, 0.1) is 16.6 Å². The number of H-pyrrole nitrogens is 1. The SMILES string of the molecule is CCC(CC)Cn1c(=O)c(=O)[nH]c2cccc(C(=O)O)c21. The zero-order valence-electron chi connectivity index (χ0n) is 12.0. The van der Waals surface area contributed by atoms with E-state index in [9.17, 15) is 19.5 Å². The highest BCUT2D eigenvalue weighted by atomic mass is 16.4. The third kappa shape index (κ3) is 2.74. The zero-order chi connectivity index (χ0) is 15.6. The van der Waals surface area contributed by atoms with Crippen molar-refractivity contribution in [1.82, 2.24) is 9.55 Å². The molecule has 0 unspecified atom stereocenters. The second-order valence-corrected chi connectivity index (χ2v) is 5.06. The quantitative estimate of drug-likeness (QED) is 0.822. The normalized spacial score (nSPS) is 11.2. The summed E-state index contributed by atoms with van der Waals surface area (Å²) >= 11 is 0. The van der Waals surface area contributed by atoms with Gasteiger partial charge in [0.2, 0.25) is 0 Å². The second-order valence-electron chi connectivity index (χ2n) is 5.06. The number of nitrogens with zero attached hydrogens (tertiary/aromatic N) is 1. The van der Waals surface area contributed by atoms with E-state index in [2.05, 4.69) is 4.98 Å². The van der Waals surface area contributed by atoms with Gasteiger partial charge in [0.1, 0.15) is 0 Å². The minimum absolute atomic E-state index is 0.0202. The van der Waals surface area contributed by atoms with Gasteiger partial charge >= 0.3 is 17.1 Å². The highest BCUT2D eigenvalue weighted by Gasteiger charge is 2.17. The first-order valence-electron chi connectivity index (χ1n) is 6.98. The van der Waals surface area contributed by atoms with E-state index in [1.54, 1.807) is 12.1 Å². The molecule has 2 aromatic rings. The molecule has 112 valence electrons. The summed E-state index contributed by atoms with van der Waals surface area (Å²) in [6, 6.07) is 4.59. The lowest BCUT2D eigenvalue weighted by molar-refractivity contribution is 0.0698. The van der Waals surface area contributed by atoms with Crippen molar-refractivity contribution >= 4 is 17.0 Å². The number of fused-ring (bicyclic) bond motifs is 1. The Labute approximate surface area is 121 Å². The molecule has 0 atom stereocenters. The zero-order valence-corrected chi connectivity index (χ0v) is 12.0. The Morgan fingerprint density at radius 1 is 1.29 bits per heavy atom. The van der Waals surface area contributed by atoms with E-state index in [4.69, 9.17) is 0 Å². The molecule has 21 heavy (non-hydrogen) atoms. The second kappa shape index (κ2) is 5.95. The molecule has 0 aliphatic heterocycles. The van der Waals surface area contributed by atoms with Crippen molar-refractivity contribution in [3.8, 4) is 0 Å². The topological polar surface area (TPSA) is 92.2 Å². The third-order valence-corrected chi connectivity index (χ3v) is 3.82. The van der Waals surface area contributed by atoms with E-state index in [-0.39, 0.29) is 17.0 Å². The maximum atomic E-state index is 12.2. The van der Waals surface area contributed by atoms with Crippen LogP contribution in [-0.2, 0) is 6.54 Å². The van der Waals surface area contributed by atoms with Gasteiger partial charge in [-0.2, -0.15) is 0 Å². The highest BCUT2D eigenvalue weighted by Crippen LogP contribution is 2.18. The molecule has 0 saturated carbocycles. The van der Waals surface area contributed by atoms with Crippen LogP contribution in [0.4, 0.5) is 0 Å². The number of carbonyl (C=O) groups is 1. The van der Waals surface area contributed by atoms with Crippen LogP contribution in [0.3, 0.4) is 0 Å². The molecule has 0 radical (unpaired) electrons. The number of nitrogens with one attached hydrogen (secondary N) is 1. The molecule has 0 saturated heterocycles. The predicted molar refractivity (Wildman–Crippen MR) is 79.9 cm³/mol. The molecule has 0 bridgehead atoms. The van der Waals surface area contributed by atoms with Crippen LogP contribution in [-0.4, -0.2) is 20.6 Å². The molecule has 0 fully saturated rings. The van der Waals surface area contributed by atoms with Gasteiger partial charge in [-0.15, -0.1) is 0 Å². The number of aromatic amines is 1. The lowest BCUT2D eigenvalue weighted by atomic mass is 10.0. The third-order valence-electron chi connectivity index (χ3n) is 3.82. The number of para-hydroxylation sites is 1. The van der Waals surface area contributed by atoms with Gasteiger partial charge in [0.25, 0.3) is 0 Å². The van der Waals surface area contributed by atoms with E-state index in [1.807, 2.05) is 13.8 Å². The van der Waals surface area contributed by atoms with E-state index in [0.29, 0.717) is 12.1 Å². The molecule has 1 aromatic carbocycles. The molecule has 1 heterocycles. The minimum Gasteiger partial charge on any atom is -0.478 e. The van der Waals surface area contributed by atoms with E-state index in [1.165, 1.54) is 10.6 Å². The number of benzene rings is 1. The van der Waals surface area contributed by atoms with Gasteiger partial charge in [-0.25, -0.2) is 4.79 Å². The smallest absolute Gasteiger partial charge is 0.337 e. The van der Waals surface area contributed by atoms with Crippen molar-refractivity contribution in [3.63, 3.8) is 0 Å². The van der Waals surface area contributed by atoms with Gasteiger partial charge < -0.3 is 14.7 Å². The van der Waals surface area contributed by atoms with Crippen molar-refractivity contribution in [2.75, 3.05) is 0 Å². The van der Waals surface area contributed by atoms with Gasteiger partial charge in [-0.3, -0.25) is 9.59 Å². The number of hydrogen-bond acceptors (Lipinski definition) is 3. The van der Waals surface area contributed by atoms with Crippen LogP contribution in [0, 0.1) is 5.92 Å². The molecule has 0 spiro atoms. The van der Waals surface area contributed by atoms with Gasteiger partial charge in [0, 0.05) is 6.54 Å². The standard InChI is InChI=1S/C15H18N2O4/c1-3-9(4-2)8-17-12-10(15(20)21)6-5-7-11(12)16-13(18)14(17)19/h5-7,9H,3-4,8H2,1-2H3,(H,16,18)(H,20,21). The Morgan fingerprint density at radius 3 is 2.52 bits per heavy atom. The van der Waals surface area contributed by atoms with E-state index >= 15 is 0 Å². The average Bonchev–Trinajstić information content (AvgIpc) is 2.47. The summed E-state index contributed by atoms with van der Waals surface area (Å²) in [4.78, 5) is 37.7. The lowest BCUT2D eigenvalue weighted by Gasteiger charge is -2.17. The predicted octanol–water partition coefficient (Wildman–Crippen LogP) is 1.82. The summed E-state index contributed by atoms with van der Waals surface area (Å²) < 4.78 is 1.30. The maximum absolute atomic E-state index is 12.2. The number of rotatable bonds is 5. The van der Waals surface area contributed by atoms with E-state index < -0.39 is 17.1 Å². The molecule has 2 rings (SSSR count). The highest BCUT2D eigenvalue weighted by molar-refractivity contribution is 6.00. The van der Waals surface area contributed by atoms with Crippen LogP contribution in [0.5, 0.6) is 0 Å². The number of carboxylic acids is 1. The number of carboxylic acid groups (broad SMARTS) is 1. The van der Waals surface area contributed by atoms with Crippen LogP contribution in [0.2, 0.25) is 0 Å². The number of hydrogen-bond donors (Lipinski definition) is 2. The molecule has 6 nitrogen and oxygen atoms in total. The number of aromatic nitrogens is 2. The van der Waals surface area contributed by atoms with Gasteiger partial charge in [-0.1, -0.05) is 32.8 Å². The molecule has 2 N–H and O–H groups in total. The summed E-state index contributed by atoms with van der Waals surface area (Å²) in [5.41, 5.74) is -0.766. The van der Waals surface area contributed by atoms with Crippen LogP contribution in [0.1, 0.15) is 37.0 Å². The van der Waals surface area contributed by atoms with Crippen LogP contribution < -0.4 is 11.1 Å². The van der Waals surface area contributed by atoms with Crippen molar-refractivity contribution in [3.05, 3.63) is 44.5 Å². The summed E-state index contributed by atoms with van der Waals surface area (Å²) in [7, 11) is 0. The molecular formula is C15H18N2O4. The fraction of sp³-hybridized carbons (Fsp3) is 0.400. The molecule has 0 aliphatic rings. The maximum Gasteiger partial charge on any atom is 0.337 e. The Balaban J connectivity index is 2.82. The van der Waals surface area contributed by atoms with Gasteiger partial charge in [0.15, 0.2) is 0 Å². The molecular weight excluding hydrogens is 272 g/mol. The molecule has 0 amide bonds. The first-order valence-corrected chi connectivity index (χ1v) is 6.98. The van der Waals surface area contributed by atoms with E-state index in [0.717, 1.165) is 12.8 Å². The summed E-state index contributed by atoms with van der Waals surface area (Å²) in [6.07, 6.45) is 1.71. The Morgan fingerprint density at radius 2 is 1.95 bits per heavy atom. The first kappa shape index (κ1) is 15.0. The van der Waals surface area contributed by atoms with Crippen molar-refractivity contribution in [2.24, 2.45) is 5.92 Å². The summed E-state index contributed by atoms with van der Waals surface area (Å²) in [6.45, 7) is 4.36. The largest absolute Gasteiger partial charge is 0.478 e. The average molecular weight is 290 g/mol. The van der Waals surface area contributed by atoms with Crippen molar-refractivity contribution in [2.45, 2.75) is 33.2 Å². The van der Waals surface area contributed by atoms with Crippen molar-refractivity contribution < 1.29 is 9.90 Å². The number of aromatic carboxylic acids is 1. The lowest BCUT2D eigenvalue weighted by Crippen LogP contribution is -2.38. The van der Waals surface area contributed by atoms with Crippen LogP contribution >= 0.6 is 0 Å². The Bertz CT molecular complexity index is 784. The van der Waals surface area contributed by atoms with Crippen LogP contribution in [0.15, 0.2) is 27.8 Å². The Hall–Kier alpha value is -2.37. The fourth-order valence-electron chi connectivity index (χ4n) is 2.49. The Kier molecular flexibility index (Phi) is 4.26. The molecule has 6 heteroatoms. The summed E-state index contributed by atoms with van der Waals surface area (Å²) in [5, 5.41) is 9.31. The molecule has 1 aromatic heterocycles. The molecule has 0 aliphatic carbocycles. The fourth-order valence-corrected chi connectivity index (χ4v) is 2.49. The van der Waals surface area contributed by atoms with Crippen molar-refractivity contribution in [1.29, 1.82) is 0 Å². The van der Waals surface area contributed by atoms with Gasteiger partial charge in [-0.05, 0) is 18.1 Å². The monoisotopic (exact) mass is 290 g/mol. The first-order chi connectivity index (χ1) is 9.99. The minimum atomic E-state index is -1.12.